The predicted molar refractivity (Wildman–Crippen MR) is 118 cm³/mol. The van der Waals surface area contributed by atoms with Crippen LogP contribution in [0.5, 0.6) is 11.6 Å². The van der Waals surface area contributed by atoms with E-state index in [-0.39, 0.29) is 6.03 Å². The Morgan fingerprint density at radius 1 is 0.867 bits per heavy atom. The van der Waals surface area contributed by atoms with Crippen molar-refractivity contribution in [3.8, 4) is 11.6 Å². The molecule has 1 aliphatic rings. The van der Waals surface area contributed by atoms with Crippen LogP contribution in [0, 0.1) is 0 Å². The van der Waals surface area contributed by atoms with E-state index in [9.17, 15) is 4.79 Å². The summed E-state index contributed by atoms with van der Waals surface area (Å²) in [4.78, 5) is 24.0. The van der Waals surface area contributed by atoms with Crippen LogP contribution in [0.1, 0.15) is 19.3 Å². The number of hydrogen-bond donors (Lipinski definition) is 2. The van der Waals surface area contributed by atoms with Gasteiger partial charge in [-0.1, -0.05) is 0 Å². The zero-order chi connectivity index (χ0) is 20.9. The summed E-state index contributed by atoms with van der Waals surface area (Å²) in [5, 5.41) is 5.65. The van der Waals surface area contributed by atoms with Crippen molar-refractivity contribution in [1.29, 1.82) is 0 Å². The molecule has 0 radical (unpaired) electrons. The highest BCUT2D eigenvalue weighted by Gasteiger charge is 2.19. The first-order chi connectivity index (χ1) is 14.7. The maximum Gasteiger partial charge on any atom is 0.323 e. The molecule has 3 aromatic rings. The Morgan fingerprint density at radius 2 is 1.57 bits per heavy atom. The van der Waals surface area contributed by atoms with E-state index in [1.807, 2.05) is 12.1 Å². The molecule has 0 atom stereocenters. The average molecular weight is 407 g/mol. The number of aromatic nitrogens is 2. The van der Waals surface area contributed by atoms with Crippen LogP contribution in [0.15, 0.2) is 42.5 Å². The summed E-state index contributed by atoms with van der Waals surface area (Å²) >= 11 is 0. The molecule has 2 N–H and O–H groups in total. The quantitative estimate of drug-likeness (QED) is 0.656. The van der Waals surface area contributed by atoms with E-state index in [1.165, 1.54) is 6.42 Å². The first kappa shape index (κ1) is 19.8. The van der Waals surface area contributed by atoms with Gasteiger partial charge in [0.25, 0.3) is 5.88 Å². The number of benzene rings is 2. The van der Waals surface area contributed by atoms with Gasteiger partial charge in [0, 0.05) is 24.5 Å². The lowest BCUT2D eigenvalue weighted by atomic mass is 10.1. The van der Waals surface area contributed by atoms with Crippen molar-refractivity contribution in [2.24, 2.45) is 0 Å². The minimum atomic E-state index is -0.336. The molecule has 0 bridgehead atoms. The number of methoxy groups -OCH3 is 2. The molecular weight excluding hydrogens is 382 g/mol. The molecule has 1 aromatic heterocycles. The fourth-order valence-electron chi connectivity index (χ4n) is 3.52. The highest BCUT2D eigenvalue weighted by atomic mass is 16.5. The van der Waals surface area contributed by atoms with E-state index in [0.29, 0.717) is 28.3 Å². The molecule has 156 valence electrons. The van der Waals surface area contributed by atoms with E-state index in [1.54, 1.807) is 44.6 Å². The van der Waals surface area contributed by atoms with Crippen LogP contribution in [-0.2, 0) is 0 Å². The SMILES string of the molecule is COc1ccc(NC(=O)Nc2ccc3nc(OC)c(N4CCCCC4)nc3c2)cc1. The van der Waals surface area contributed by atoms with Crippen molar-refractivity contribution in [2.75, 3.05) is 42.8 Å². The van der Waals surface area contributed by atoms with Crippen molar-refractivity contribution >= 4 is 34.3 Å². The molecule has 0 aliphatic carbocycles. The van der Waals surface area contributed by atoms with Gasteiger partial charge in [-0.25, -0.2) is 14.8 Å². The highest BCUT2D eigenvalue weighted by Crippen LogP contribution is 2.30. The van der Waals surface area contributed by atoms with E-state index in [0.717, 1.165) is 37.5 Å². The van der Waals surface area contributed by atoms with Crippen molar-refractivity contribution in [2.45, 2.75) is 19.3 Å². The molecule has 8 heteroatoms. The Labute approximate surface area is 175 Å². The lowest BCUT2D eigenvalue weighted by Crippen LogP contribution is -2.30. The zero-order valence-electron chi connectivity index (χ0n) is 17.1. The first-order valence-corrected chi connectivity index (χ1v) is 9.99. The highest BCUT2D eigenvalue weighted by molar-refractivity contribution is 6.00. The third-order valence-electron chi connectivity index (χ3n) is 5.07. The number of amides is 2. The molecule has 4 rings (SSSR count). The second-order valence-electron chi connectivity index (χ2n) is 7.12. The van der Waals surface area contributed by atoms with Gasteiger partial charge in [-0.05, 0) is 61.7 Å². The number of carbonyl (C=O) groups is 1. The number of nitrogens with one attached hydrogen (secondary N) is 2. The maximum absolute atomic E-state index is 12.4. The van der Waals surface area contributed by atoms with Crippen LogP contribution in [0.25, 0.3) is 11.0 Å². The van der Waals surface area contributed by atoms with Crippen molar-refractivity contribution in [1.82, 2.24) is 9.97 Å². The van der Waals surface area contributed by atoms with Gasteiger partial charge in [-0.3, -0.25) is 0 Å². The van der Waals surface area contributed by atoms with Crippen LogP contribution < -0.4 is 25.0 Å². The molecule has 30 heavy (non-hydrogen) atoms. The van der Waals surface area contributed by atoms with Gasteiger partial charge in [0.2, 0.25) is 0 Å². The molecule has 1 saturated heterocycles. The second kappa shape index (κ2) is 8.86. The van der Waals surface area contributed by atoms with Gasteiger partial charge in [0.1, 0.15) is 5.75 Å². The topological polar surface area (TPSA) is 88.6 Å². The first-order valence-electron chi connectivity index (χ1n) is 9.99. The van der Waals surface area contributed by atoms with Gasteiger partial charge in [0.15, 0.2) is 5.82 Å². The van der Waals surface area contributed by atoms with Gasteiger partial charge in [0.05, 0.1) is 25.3 Å². The van der Waals surface area contributed by atoms with Crippen molar-refractivity contribution in [3.63, 3.8) is 0 Å². The van der Waals surface area contributed by atoms with Crippen LogP contribution in [0.3, 0.4) is 0 Å². The van der Waals surface area contributed by atoms with Crippen LogP contribution in [0.2, 0.25) is 0 Å². The fraction of sp³-hybridized carbons (Fsp3) is 0.318. The molecule has 2 amide bonds. The summed E-state index contributed by atoms with van der Waals surface area (Å²) in [5.41, 5.74) is 2.73. The molecule has 2 aromatic carbocycles. The Hall–Kier alpha value is -3.55. The normalized spacial score (nSPS) is 13.7. The number of anilines is 3. The lowest BCUT2D eigenvalue weighted by Gasteiger charge is -2.28. The summed E-state index contributed by atoms with van der Waals surface area (Å²) in [6.45, 7) is 1.89. The number of carbonyl (C=O) groups excluding carboxylic acids is 1. The standard InChI is InChI=1S/C22H25N5O3/c1-29-17-9-6-15(7-10-17)23-22(28)24-16-8-11-18-19(14-16)25-20(21(26-18)30-2)27-12-4-3-5-13-27/h6-11,14H,3-5,12-13H2,1-2H3,(H2,23,24,28). The van der Waals surface area contributed by atoms with Gasteiger partial charge >= 0.3 is 6.03 Å². The molecule has 1 aliphatic heterocycles. The second-order valence-corrected chi connectivity index (χ2v) is 7.12. The van der Waals surface area contributed by atoms with Gasteiger partial charge in [-0.2, -0.15) is 0 Å². The molecule has 0 saturated carbocycles. The van der Waals surface area contributed by atoms with E-state index >= 15 is 0 Å². The van der Waals surface area contributed by atoms with Crippen LogP contribution in [0.4, 0.5) is 22.0 Å². The number of piperidine rings is 1. The third-order valence-corrected chi connectivity index (χ3v) is 5.07. The Kier molecular flexibility index (Phi) is 5.83. The number of fused-ring (bicyclic) bond motifs is 1. The summed E-state index contributed by atoms with van der Waals surface area (Å²) in [7, 11) is 3.22. The minimum Gasteiger partial charge on any atom is -0.497 e. The van der Waals surface area contributed by atoms with Crippen LogP contribution in [-0.4, -0.2) is 43.3 Å². The van der Waals surface area contributed by atoms with Gasteiger partial charge < -0.3 is 25.0 Å². The lowest BCUT2D eigenvalue weighted by molar-refractivity contribution is 0.262. The molecule has 8 nitrogen and oxygen atoms in total. The van der Waals surface area contributed by atoms with Gasteiger partial charge in [-0.15, -0.1) is 0 Å². The number of rotatable bonds is 5. The minimum absolute atomic E-state index is 0.336. The molecule has 2 heterocycles. The molecule has 0 spiro atoms. The largest absolute Gasteiger partial charge is 0.497 e. The van der Waals surface area contributed by atoms with Crippen molar-refractivity contribution < 1.29 is 14.3 Å². The monoisotopic (exact) mass is 407 g/mol. The average Bonchev–Trinajstić information content (AvgIpc) is 2.79. The summed E-state index contributed by atoms with van der Waals surface area (Å²) in [6.07, 6.45) is 3.50. The van der Waals surface area contributed by atoms with E-state index < -0.39 is 0 Å². The number of urea groups is 1. The van der Waals surface area contributed by atoms with E-state index in [2.05, 4.69) is 20.5 Å². The van der Waals surface area contributed by atoms with Crippen LogP contribution >= 0.6 is 0 Å². The third kappa shape index (κ3) is 4.37. The number of ether oxygens (including phenoxy) is 2. The number of hydrogen-bond acceptors (Lipinski definition) is 6. The zero-order valence-corrected chi connectivity index (χ0v) is 17.1. The maximum atomic E-state index is 12.4. The predicted octanol–water partition coefficient (Wildman–Crippen LogP) is 4.28. The fourth-order valence-corrected chi connectivity index (χ4v) is 3.52. The molecule has 1 fully saturated rings. The Balaban J connectivity index is 1.53. The summed E-state index contributed by atoms with van der Waals surface area (Å²) in [5.74, 6) is 2.01. The van der Waals surface area contributed by atoms with E-state index in [4.69, 9.17) is 14.5 Å². The summed E-state index contributed by atoms with van der Waals surface area (Å²) in [6, 6.07) is 12.2. The molecule has 0 unspecified atom stereocenters. The molecular formula is C22H25N5O3. The van der Waals surface area contributed by atoms with Crippen molar-refractivity contribution in [3.05, 3.63) is 42.5 Å². The number of nitrogens with zero attached hydrogens (tertiary/aromatic N) is 3. The Morgan fingerprint density at radius 3 is 2.27 bits per heavy atom. The Bertz CT molecular complexity index is 1030. The smallest absolute Gasteiger partial charge is 0.323 e. The summed E-state index contributed by atoms with van der Waals surface area (Å²) < 4.78 is 10.6.